The molecule has 0 aromatic carbocycles. The highest BCUT2D eigenvalue weighted by Gasteiger charge is 2.54. The summed E-state index contributed by atoms with van der Waals surface area (Å²) in [5.74, 6) is -1.36. The number of β-lactam (4-membered cyclic amide) rings is 1. The third-order valence-electron chi connectivity index (χ3n) is 4.12. The van der Waals surface area contributed by atoms with Crippen molar-refractivity contribution in [2.75, 3.05) is 12.4 Å². The molecule has 1 saturated heterocycles. The predicted molar refractivity (Wildman–Crippen MR) is 93.3 cm³/mol. The summed E-state index contributed by atoms with van der Waals surface area (Å²) in [4.78, 5) is 49.9. The van der Waals surface area contributed by atoms with Gasteiger partial charge >= 0.3 is 12.1 Å². The largest absolute Gasteiger partial charge is 0.516 e. The minimum Gasteiger partial charge on any atom is -0.434 e. The van der Waals surface area contributed by atoms with Crippen LogP contribution in [-0.2, 0) is 30.4 Å². The first-order chi connectivity index (χ1) is 13.5. The number of esters is 1. The van der Waals surface area contributed by atoms with Gasteiger partial charge in [0.15, 0.2) is 0 Å². The number of aromatic nitrogens is 4. The van der Waals surface area contributed by atoms with E-state index in [-0.39, 0.29) is 18.8 Å². The Hall–Kier alpha value is -2.96. The summed E-state index contributed by atoms with van der Waals surface area (Å²) in [6.45, 7) is 3.34. The van der Waals surface area contributed by atoms with Gasteiger partial charge in [0.25, 0.3) is 5.91 Å². The normalized spacial score (nSPS) is 20.9. The van der Waals surface area contributed by atoms with E-state index in [0.717, 1.165) is 0 Å². The van der Waals surface area contributed by atoms with Crippen molar-refractivity contribution < 1.29 is 28.7 Å². The lowest BCUT2D eigenvalue weighted by atomic mass is 10.0. The van der Waals surface area contributed by atoms with Gasteiger partial charge in [-0.1, -0.05) is 6.92 Å². The summed E-state index contributed by atoms with van der Waals surface area (Å²) in [6, 6.07) is -0.794. The van der Waals surface area contributed by atoms with Crippen molar-refractivity contribution in [1.82, 2.24) is 30.4 Å². The molecule has 0 unspecified atom stereocenters. The van der Waals surface area contributed by atoms with Crippen LogP contribution in [0.5, 0.6) is 0 Å². The van der Waals surface area contributed by atoms with Crippen molar-refractivity contribution in [3.63, 3.8) is 0 Å². The number of rotatable bonds is 6. The summed E-state index contributed by atoms with van der Waals surface area (Å²) >= 11 is 1.42. The number of amides is 2. The summed E-state index contributed by atoms with van der Waals surface area (Å²) < 4.78 is 10.5. The number of ether oxygens (including phenoxy) is 2. The number of nitrogens with one attached hydrogen (secondary N) is 1. The number of tetrazole rings is 1. The fourth-order valence-corrected chi connectivity index (χ4v) is 4.28. The topological polar surface area (TPSA) is 146 Å². The molecule has 0 saturated carbocycles. The molecule has 0 bridgehead atoms. The Kier molecular flexibility index (Phi) is 5.92. The molecule has 3 heterocycles. The monoisotopic (exact) mass is 410 g/mol. The molecule has 150 valence electrons. The zero-order valence-electron chi connectivity index (χ0n) is 15.2. The van der Waals surface area contributed by atoms with Crippen LogP contribution in [0.3, 0.4) is 0 Å². The predicted octanol–water partition coefficient (Wildman–Crippen LogP) is -0.563. The highest BCUT2D eigenvalue weighted by atomic mass is 32.2. The fraction of sp³-hybridized carbons (Fsp3) is 0.533. The molecular weight excluding hydrogens is 392 g/mol. The second kappa shape index (κ2) is 8.37. The van der Waals surface area contributed by atoms with E-state index in [0.29, 0.717) is 17.7 Å². The van der Waals surface area contributed by atoms with Gasteiger partial charge in [0, 0.05) is 5.75 Å². The molecule has 0 radical (unpaired) electrons. The second-order valence-electron chi connectivity index (χ2n) is 5.84. The Balaban J connectivity index is 1.69. The second-order valence-corrected chi connectivity index (χ2v) is 6.95. The number of hydrogen-bond acceptors (Lipinski definition) is 10. The highest BCUT2D eigenvalue weighted by Crippen LogP contribution is 2.41. The molecule has 2 amide bonds. The van der Waals surface area contributed by atoms with Crippen molar-refractivity contribution in [2.45, 2.75) is 38.2 Å². The lowest BCUT2D eigenvalue weighted by Crippen LogP contribution is -2.70. The van der Waals surface area contributed by atoms with Crippen LogP contribution in [0.1, 0.15) is 20.3 Å². The molecule has 1 fully saturated rings. The Bertz CT molecular complexity index is 825. The molecule has 1 aromatic rings. The van der Waals surface area contributed by atoms with E-state index in [1.54, 1.807) is 6.92 Å². The number of thioether (sulfide) groups is 1. The number of hydrogen-bond donors (Lipinski definition) is 1. The molecule has 1 N–H and O–H groups in total. The van der Waals surface area contributed by atoms with Crippen molar-refractivity contribution in [1.29, 1.82) is 0 Å². The van der Waals surface area contributed by atoms with Crippen LogP contribution >= 0.6 is 11.8 Å². The number of nitrogens with zero attached hydrogens (tertiary/aromatic N) is 5. The third kappa shape index (κ3) is 3.83. The maximum atomic E-state index is 12.6. The van der Waals surface area contributed by atoms with Gasteiger partial charge in [0.05, 0.1) is 6.61 Å². The van der Waals surface area contributed by atoms with Gasteiger partial charge < -0.3 is 14.8 Å². The van der Waals surface area contributed by atoms with Gasteiger partial charge in [-0.05, 0) is 29.3 Å². The zero-order valence-corrected chi connectivity index (χ0v) is 16.0. The van der Waals surface area contributed by atoms with E-state index in [9.17, 15) is 19.2 Å². The molecule has 2 atom stereocenters. The van der Waals surface area contributed by atoms with Crippen LogP contribution in [0.15, 0.2) is 17.6 Å². The third-order valence-corrected chi connectivity index (χ3v) is 5.46. The van der Waals surface area contributed by atoms with E-state index < -0.39 is 35.4 Å². The van der Waals surface area contributed by atoms with Crippen LogP contribution in [0.25, 0.3) is 0 Å². The van der Waals surface area contributed by atoms with Gasteiger partial charge in [0.1, 0.15) is 30.0 Å². The molecule has 12 nitrogen and oxygen atoms in total. The van der Waals surface area contributed by atoms with Crippen LogP contribution in [0, 0.1) is 0 Å². The first-order valence-corrected chi connectivity index (χ1v) is 9.56. The molecular formula is C15H18N6O6S. The maximum Gasteiger partial charge on any atom is 0.516 e. The van der Waals surface area contributed by atoms with Crippen molar-refractivity contribution in [3.8, 4) is 0 Å². The minimum atomic E-state index is -1.12. The number of carbonyl (C=O) groups excluding carboxylic acids is 4. The van der Waals surface area contributed by atoms with Crippen molar-refractivity contribution >= 4 is 35.7 Å². The van der Waals surface area contributed by atoms with Crippen LogP contribution in [0.2, 0.25) is 0 Å². The lowest BCUT2D eigenvalue weighted by molar-refractivity contribution is -0.151. The van der Waals surface area contributed by atoms with Gasteiger partial charge in [-0.25, -0.2) is 14.3 Å². The molecule has 2 aliphatic rings. The van der Waals surface area contributed by atoms with Crippen LogP contribution in [0.4, 0.5) is 4.79 Å². The van der Waals surface area contributed by atoms with Gasteiger partial charge in [-0.3, -0.25) is 14.5 Å². The number of fused-ring (bicyclic) bond motifs is 1. The summed E-state index contributed by atoms with van der Waals surface area (Å²) in [5, 5.41) is 12.6. The Labute approximate surface area is 163 Å². The number of carbonyl (C=O) groups is 4. The Morgan fingerprint density at radius 2 is 2.14 bits per heavy atom. The first kappa shape index (κ1) is 19.8. The van der Waals surface area contributed by atoms with E-state index in [2.05, 4.69) is 30.3 Å². The average molecular weight is 410 g/mol. The quantitative estimate of drug-likeness (QED) is 0.368. The highest BCUT2D eigenvalue weighted by molar-refractivity contribution is 8.00. The van der Waals surface area contributed by atoms with Crippen molar-refractivity contribution in [2.24, 2.45) is 0 Å². The van der Waals surface area contributed by atoms with E-state index >= 15 is 0 Å². The Morgan fingerprint density at radius 3 is 2.79 bits per heavy atom. The van der Waals surface area contributed by atoms with Gasteiger partial charge in [-0.15, -0.1) is 16.9 Å². The minimum absolute atomic E-state index is 0.0373. The molecule has 0 aliphatic carbocycles. The van der Waals surface area contributed by atoms with E-state index in [4.69, 9.17) is 0 Å². The Morgan fingerprint density at radius 1 is 1.36 bits per heavy atom. The summed E-state index contributed by atoms with van der Waals surface area (Å²) in [5.41, 5.74) is 0.720. The SMILES string of the molecule is CCOC(=O)OC(=O)C1=C(CC)CS[C@@H]2[C@H](NC(=O)Cn3cnnn3)C(=O)N12. The van der Waals surface area contributed by atoms with Gasteiger partial charge in [-0.2, -0.15) is 0 Å². The van der Waals surface area contributed by atoms with E-state index in [1.165, 1.54) is 27.7 Å². The van der Waals surface area contributed by atoms with Crippen molar-refractivity contribution in [3.05, 3.63) is 17.6 Å². The van der Waals surface area contributed by atoms with E-state index in [1.807, 2.05) is 6.92 Å². The molecule has 3 rings (SSSR count). The fourth-order valence-electron chi connectivity index (χ4n) is 2.83. The lowest BCUT2D eigenvalue weighted by Gasteiger charge is -2.49. The maximum absolute atomic E-state index is 12.6. The summed E-state index contributed by atoms with van der Waals surface area (Å²) in [7, 11) is 0. The van der Waals surface area contributed by atoms with Crippen LogP contribution in [-0.4, -0.2) is 72.8 Å². The van der Waals surface area contributed by atoms with Crippen LogP contribution < -0.4 is 5.32 Å². The first-order valence-electron chi connectivity index (χ1n) is 8.52. The molecule has 0 spiro atoms. The smallest absolute Gasteiger partial charge is 0.434 e. The standard InChI is InChI=1S/C15H18N6O6S/c1-3-8-6-28-13-10(17-9(22)5-20-7-16-18-19-20)12(23)21(13)11(8)14(24)27-15(25)26-4-2/h7,10,13H,3-6H2,1-2H3,(H,17,22)/t10-,13-/m1/s1. The molecule has 13 heteroatoms. The summed E-state index contributed by atoms with van der Waals surface area (Å²) in [6.07, 6.45) is 0.668. The molecule has 28 heavy (non-hydrogen) atoms. The molecule has 2 aliphatic heterocycles. The zero-order chi connectivity index (χ0) is 20.3. The van der Waals surface area contributed by atoms with Gasteiger partial charge in [0.2, 0.25) is 5.91 Å². The molecule has 1 aromatic heterocycles. The average Bonchev–Trinajstić information content (AvgIpc) is 3.17.